The molecule has 0 spiro atoms. The van der Waals surface area contributed by atoms with E-state index >= 15 is 0 Å². The third kappa shape index (κ3) is 3.99. The van der Waals surface area contributed by atoms with Gasteiger partial charge < -0.3 is 15.1 Å². The second-order valence-electron chi connectivity index (χ2n) is 6.43. The molecule has 0 radical (unpaired) electrons. The van der Waals surface area contributed by atoms with Gasteiger partial charge in [-0.2, -0.15) is 0 Å². The van der Waals surface area contributed by atoms with Crippen LogP contribution >= 0.6 is 12.4 Å². The number of benzene rings is 1. The Morgan fingerprint density at radius 1 is 1.42 bits per heavy atom. The maximum atomic E-state index is 12.2. The second kappa shape index (κ2) is 7.85. The largest absolute Gasteiger partial charge is 0.419 e. The van der Waals surface area contributed by atoms with Crippen LogP contribution in [0.15, 0.2) is 27.4 Å². The zero-order chi connectivity index (χ0) is 16.4. The summed E-state index contributed by atoms with van der Waals surface area (Å²) in [5.74, 6) is 0.587. The normalized spacial score (nSPS) is 16.6. The first kappa shape index (κ1) is 18.5. The van der Waals surface area contributed by atoms with Crippen molar-refractivity contribution in [2.24, 2.45) is 18.9 Å². The Balaban J connectivity index is 0.00000208. The van der Waals surface area contributed by atoms with Gasteiger partial charge in [0.15, 0.2) is 5.58 Å². The fourth-order valence-corrected chi connectivity index (χ4v) is 3.30. The first-order valence-corrected chi connectivity index (χ1v) is 8.15. The number of halogens is 1. The number of nitrogens with zero attached hydrogens (tertiary/aromatic N) is 1. The van der Waals surface area contributed by atoms with Crippen LogP contribution < -0.4 is 16.4 Å². The van der Waals surface area contributed by atoms with Gasteiger partial charge in [0.1, 0.15) is 0 Å². The SMILES string of the molecule is CC(CC(=O)Nc1ccc2c(c1)oc(=O)n2C)C1CCNCC1.Cl. The minimum absolute atomic E-state index is 0. The van der Waals surface area contributed by atoms with Crippen LogP contribution in [-0.2, 0) is 11.8 Å². The first-order chi connectivity index (χ1) is 11.0. The third-order valence-electron chi connectivity index (χ3n) is 4.77. The molecule has 2 aromatic rings. The maximum Gasteiger partial charge on any atom is 0.419 e. The Morgan fingerprint density at radius 2 is 2.12 bits per heavy atom. The Morgan fingerprint density at radius 3 is 2.83 bits per heavy atom. The molecule has 1 atom stereocenters. The third-order valence-corrected chi connectivity index (χ3v) is 4.77. The molecule has 0 aliphatic carbocycles. The molecule has 24 heavy (non-hydrogen) atoms. The fraction of sp³-hybridized carbons (Fsp3) is 0.529. The van der Waals surface area contributed by atoms with Gasteiger partial charge in [-0.3, -0.25) is 9.36 Å². The van der Waals surface area contributed by atoms with Crippen molar-refractivity contribution in [1.29, 1.82) is 0 Å². The van der Waals surface area contributed by atoms with Gasteiger partial charge in [-0.1, -0.05) is 6.92 Å². The lowest BCUT2D eigenvalue weighted by Crippen LogP contribution is -2.32. The van der Waals surface area contributed by atoms with Crippen LogP contribution in [0, 0.1) is 11.8 Å². The van der Waals surface area contributed by atoms with Crippen molar-refractivity contribution >= 4 is 35.1 Å². The van der Waals surface area contributed by atoms with E-state index < -0.39 is 5.76 Å². The number of amides is 1. The smallest absolute Gasteiger partial charge is 0.408 e. The zero-order valence-electron chi connectivity index (χ0n) is 14.0. The van der Waals surface area contributed by atoms with Crippen molar-refractivity contribution in [2.45, 2.75) is 26.2 Å². The second-order valence-corrected chi connectivity index (χ2v) is 6.43. The van der Waals surface area contributed by atoms with E-state index in [9.17, 15) is 9.59 Å². The van der Waals surface area contributed by atoms with Crippen molar-refractivity contribution in [3.8, 4) is 0 Å². The molecule has 1 unspecified atom stereocenters. The molecular formula is C17H24ClN3O3. The highest BCUT2D eigenvalue weighted by Gasteiger charge is 2.22. The van der Waals surface area contributed by atoms with Crippen LogP contribution in [0.25, 0.3) is 11.1 Å². The highest BCUT2D eigenvalue weighted by atomic mass is 35.5. The van der Waals surface area contributed by atoms with Crippen molar-refractivity contribution in [3.05, 3.63) is 28.7 Å². The van der Waals surface area contributed by atoms with E-state index in [0.717, 1.165) is 31.4 Å². The molecule has 7 heteroatoms. The average molecular weight is 354 g/mol. The summed E-state index contributed by atoms with van der Waals surface area (Å²) in [6.45, 7) is 4.23. The molecule has 2 N–H and O–H groups in total. The number of aryl methyl sites for hydroxylation is 1. The van der Waals surface area contributed by atoms with Gasteiger partial charge in [0.05, 0.1) is 5.52 Å². The van der Waals surface area contributed by atoms with Crippen LogP contribution in [0.2, 0.25) is 0 Å². The molecule has 6 nitrogen and oxygen atoms in total. The number of rotatable bonds is 4. The van der Waals surface area contributed by atoms with Gasteiger partial charge in [-0.05, 0) is 49.9 Å². The minimum atomic E-state index is -0.400. The molecule has 1 aliphatic heterocycles. The number of carbonyl (C=O) groups is 1. The Bertz CT molecular complexity index is 762. The van der Waals surface area contributed by atoms with Gasteiger partial charge in [0.25, 0.3) is 0 Å². The molecular weight excluding hydrogens is 330 g/mol. The predicted octanol–water partition coefficient (Wildman–Crippen LogP) is 2.52. The molecule has 1 saturated heterocycles. The maximum absolute atomic E-state index is 12.2. The Kier molecular flexibility index (Phi) is 6.07. The zero-order valence-corrected chi connectivity index (χ0v) is 14.8. The lowest BCUT2D eigenvalue weighted by Gasteiger charge is -2.27. The molecule has 1 aromatic heterocycles. The molecule has 1 fully saturated rings. The monoisotopic (exact) mass is 353 g/mol. The predicted molar refractivity (Wildman–Crippen MR) is 96.7 cm³/mol. The topological polar surface area (TPSA) is 76.3 Å². The average Bonchev–Trinajstić information content (AvgIpc) is 2.82. The number of aromatic nitrogens is 1. The number of oxazole rings is 1. The summed E-state index contributed by atoms with van der Waals surface area (Å²) in [4.78, 5) is 23.7. The molecule has 132 valence electrons. The van der Waals surface area contributed by atoms with Crippen molar-refractivity contribution in [2.75, 3.05) is 18.4 Å². The van der Waals surface area contributed by atoms with E-state index in [2.05, 4.69) is 17.6 Å². The van der Waals surface area contributed by atoms with Gasteiger partial charge in [-0.15, -0.1) is 12.4 Å². The molecule has 1 amide bonds. The number of hydrogen-bond donors (Lipinski definition) is 2. The summed E-state index contributed by atoms with van der Waals surface area (Å²) in [7, 11) is 1.66. The minimum Gasteiger partial charge on any atom is -0.408 e. The van der Waals surface area contributed by atoms with E-state index in [1.165, 1.54) is 4.57 Å². The number of nitrogens with one attached hydrogen (secondary N) is 2. The summed E-state index contributed by atoms with van der Waals surface area (Å²) in [5, 5.41) is 6.25. The standard InChI is InChI=1S/C17H23N3O3.ClH/c1-11(12-5-7-18-8-6-12)9-16(21)19-13-3-4-14-15(10-13)23-17(22)20(14)2;/h3-4,10-12,18H,5-9H2,1-2H3,(H,19,21);1H. The van der Waals surface area contributed by atoms with Gasteiger partial charge in [-0.25, -0.2) is 4.79 Å². The molecule has 3 rings (SSSR count). The van der Waals surface area contributed by atoms with Gasteiger partial charge in [0.2, 0.25) is 5.91 Å². The Labute approximate surface area is 147 Å². The van der Waals surface area contributed by atoms with E-state index in [1.54, 1.807) is 25.2 Å². The van der Waals surface area contributed by atoms with Crippen molar-refractivity contribution < 1.29 is 9.21 Å². The quantitative estimate of drug-likeness (QED) is 0.885. The van der Waals surface area contributed by atoms with Crippen LogP contribution in [-0.4, -0.2) is 23.6 Å². The van der Waals surface area contributed by atoms with Gasteiger partial charge in [0, 0.05) is 25.2 Å². The summed E-state index contributed by atoms with van der Waals surface area (Å²) in [6.07, 6.45) is 2.78. The number of carbonyl (C=O) groups excluding carboxylic acids is 1. The number of piperidine rings is 1. The van der Waals surface area contributed by atoms with Gasteiger partial charge >= 0.3 is 5.76 Å². The first-order valence-electron chi connectivity index (χ1n) is 8.15. The molecule has 1 aromatic carbocycles. The Hall–Kier alpha value is -1.79. The van der Waals surface area contributed by atoms with Crippen molar-refractivity contribution in [3.63, 3.8) is 0 Å². The summed E-state index contributed by atoms with van der Waals surface area (Å²) in [6, 6.07) is 5.28. The van der Waals surface area contributed by atoms with Crippen LogP contribution in [0.5, 0.6) is 0 Å². The molecule has 2 heterocycles. The fourth-order valence-electron chi connectivity index (χ4n) is 3.30. The molecule has 0 saturated carbocycles. The summed E-state index contributed by atoms with van der Waals surface area (Å²) in [5.41, 5.74) is 1.87. The molecule has 0 bridgehead atoms. The highest BCUT2D eigenvalue weighted by molar-refractivity contribution is 5.92. The van der Waals surface area contributed by atoms with Crippen LogP contribution in [0.1, 0.15) is 26.2 Å². The lowest BCUT2D eigenvalue weighted by molar-refractivity contribution is -0.117. The highest BCUT2D eigenvalue weighted by Crippen LogP contribution is 2.25. The number of fused-ring (bicyclic) bond motifs is 1. The summed E-state index contributed by atoms with van der Waals surface area (Å²) >= 11 is 0. The van der Waals surface area contributed by atoms with E-state index in [4.69, 9.17) is 4.42 Å². The number of hydrogen-bond acceptors (Lipinski definition) is 4. The van der Waals surface area contributed by atoms with Crippen LogP contribution in [0.4, 0.5) is 5.69 Å². The van der Waals surface area contributed by atoms with E-state index in [1.807, 2.05) is 0 Å². The van der Waals surface area contributed by atoms with E-state index in [0.29, 0.717) is 29.5 Å². The summed E-state index contributed by atoms with van der Waals surface area (Å²) < 4.78 is 6.59. The van der Waals surface area contributed by atoms with E-state index in [-0.39, 0.29) is 18.3 Å². The molecule has 1 aliphatic rings. The lowest BCUT2D eigenvalue weighted by atomic mass is 9.84. The van der Waals surface area contributed by atoms with Crippen LogP contribution in [0.3, 0.4) is 0 Å². The number of anilines is 1. The van der Waals surface area contributed by atoms with Crippen molar-refractivity contribution in [1.82, 2.24) is 9.88 Å².